The number of carbonyl (C=O) groups is 1. The van der Waals surface area contributed by atoms with Gasteiger partial charge in [-0.2, -0.15) is 0 Å². The van der Waals surface area contributed by atoms with E-state index in [1.807, 2.05) is 18.2 Å². The molecule has 1 aromatic carbocycles. The summed E-state index contributed by atoms with van der Waals surface area (Å²) in [7, 11) is 0. The maximum atomic E-state index is 12.8. The van der Waals surface area contributed by atoms with E-state index in [4.69, 9.17) is 11.6 Å². The Bertz CT molecular complexity index is 733. The van der Waals surface area contributed by atoms with E-state index >= 15 is 0 Å². The van der Waals surface area contributed by atoms with Crippen LogP contribution in [0.25, 0.3) is 0 Å². The summed E-state index contributed by atoms with van der Waals surface area (Å²) in [5, 5.41) is 0.755. The highest BCUT2D eigenvalue weighted by Gasteiger charge is 2.36. The Morgan fingerprint density at radius 2 is 2.00 bits per heavy atom. The average Bonchev–Trinajstić information content (AvgIpc) is 3.33. The van der Waals surface area contributed by atoms with Crippen molar-refractivity contribution >= 4 is 17.5 Å². The van der Waals surface area contributed by atoms with E-state index in [9.17, 15) is 4.79 Å². The lowest BCUT2D eigenvalue weighted by Crippen LogP contribution is -2.42. The van der Waals surface area contributed by atoms with Crippen LogP contribution in [-0.4, -0.2) is 21.4 Å². The van der Waals surface area contributed by atoms with Crippen LogP contribution in [0, 0.1) is 11.8 Å². The van der Waals surface area contributed by atoms with Gasteiger partial charge in [0.1, 0.15) is 0 Å². The van der Waals surface area contributed by atoms with Crippen LogP contribution < -0.4 is 0 Å². The molecule has 0 aliphatic heterocycles. The van der Waals surface area contributed by atoms with E-state index in [2.05, 4.69) is 54.6 Å². The minimum Gasteiger partial charge on any atom is -0.345 e. The first-order valence-electron chi connectivity index (χ1n) is 9.14. The second kappa shape index (κ2) is 7.65. The van der Waals surface area contributed by atoms with Crippen LogP contribution in [0.2, 0.25) is 5.02 Å². The molecule has 134 valence electrons. The number of amides is 1. The van der Waals surface area contributed by atoms with E-state index < -0.39 is 0 Å². The quantitative estimate of drug-likeness (QED) is 0.685. The number of carbonyl (C=O) groups excluding carboxylic acids is 1. The van der Waals surface area contributed by atoms with E-state index in [-0.39, 0.29) is 12.0 Å². The lowest BCUT2D eigenvalue weighted by atomic mass is 10.0. The van der Waals surface area contributed by atoms with Crippen molar-refractivity contribution in [2.24, 2.45) is 11.8 Å². The second-order valence-corrected chi connectivity index (χ2v) is 7.92. The van der Waals surface area contributed by atoms with Crippen molar-refractivity contribution in [2.75, 3.05) is 0 Å². The summed E-state index contributed by atoms with van der Waals surface area (Å²) in [6.07, 6.45) is 4.17. The highest BCUT2D eigenvalue weighted by molar-refractivity contribution is 6.30. The molecule has 3 rings (SSSR count). The molecule has 1 aromatic heterocycles. The summed E-state index contributed by atoms with van der Waals surface area (Å²) in [5.41, 5.74) is 2.34. The molecule has 0 N–H and O–H groups in total. The SMILES string of the molecule is CC(C)C(C)N(Cc1cccn1Cc1cccc(Cl)c1)C(=O)C1CC1. The largest absolute Gasteiger partial charge is 0.345 e. The van der Waals surface area contributed by atoms with Gasteiger partial charge < -0.3 is 9.47 Å². The number of halogens is 1. The molecule has 4 heteroatoms. The molecule has 2 aromatic rings. The molecule has 3 nitrogen and oxygen atoms in total. The van der Waals surface area contributed by atoms with Gasteiger partial charge in [0.15, 0.2) is 0 Å². The number of rotatable bonds is 7. The summed E-state index contributed by atoms with van der Waals surface area (Å²) in [5.74, 6) is 1.01. The molecule has 1 atom stereocenters. The van der Waals surface area contributed by atoms with Gasteiger partial charge >= 0.3 is 0 Å². The molecule has 1 fully saturated rings. The van der Waals surface area contributed by atoms with Crippen LogP contribution in [0.4, 0.5) is 0 Å². The zero-order valence-electron chi connectivity index (χ0n) is 15.3. The zero-order valence-corrected chi connectivity index (χ0v) is 16.0. The molecule has 1 aliphatic carbocycles. The van der Waals surface area contributed by atoms with Gasteiger partial charge in [-0.15, -0.1) is 0 Å². The summed E-state index contributed by atoms with van der Waals surface area (Å²) >= 11 is 6.11. The van der Waals surface area contributed by atoms with Gasteiger partial charge in [0, 0.05) is 35.4 Å². The van der Waals surface area contributed by atoms with Crippen molar-refractivity contribution < 1.29 is 4.79 Å². The first kappa shape index (κ1) is 18.1. The Morgan fingerprint density at radius 1 is 1.24 bits per heavy atom. The van der Waals surface area contributed by atoms with Crippen molar-refractivity contribution in [2.45, 2.75) is 52.7 Å². The molecule has 0 bridgehead atoms. The molecule has 1 unspecified atom stereocenters. The molecular weight excluding hydrogens is 332 g/mol. The normalized spacial score (nSPS) is 15.4. The molecule has 0 saturated heterocycles. The Kier molecular flexibility index (Phi) is 5.53. The second-order valence-electron chi connectivity index (χ2n) is 7.48. The van der Waals surface area contributed by atoms with Crippen molar-refractivity contribution in [1.29, 1.82) is 0 Å². The minimum absolute atomic E-state index is 0.239. The fourth-order valence-corrected chi connectivity index (χ4v) is 3.31. The summed E-state index contributed by atoms with van der Waals surface area (Å²) in [4.78, 5) is 14.9. The van der Waals surface area contributed by atoms with Crippen molar-refractivity contribution in [3.05, 3.63) is 58.9 Å². The number of hydrogen-bond acceptors (Lipinski definition) is 1. The standard InChI is InChI=1S/C21H27ClN2O/c1-15(2)16(3)24(21(25)18-9-10-18)14-20-8-5-11-23(20)13-17-6-4-7-19(22)12-17/h4-8,11-12,15-16,18H,9-10,13-14H2,1-3H3. The van der Waals surface area contributed by atoms with E-state index in [1.165, 1.54) is 11.3 Å². The summed E-state index contributed by atoms with van der Waals surface area (Å²) in [6.45, 7) is 7.97. The Hall–Kier alpha value is -1.74. The van der Waals surface area contributed by atoms with Crippen LogP contribution in [0.5, 0.6) is 0 Å². The number of aromatic nitrogens is 1. The van der Waals surface area contributed by atoms with Crippen LogP contribution in [0.1, 0.15) is 44.9 Å². The Balaban J connectivity index is 1.78. The van der Waals surface area contributed by atoms with E-state index in [0.717, 1.165) is 24.4 Å². The minimum atomic E-state index is 0.239. The maximum absolute atomic E-state index is 12.8. The highest BCUT2D eigenvalue weighted by Crippen LogP contribution is 2.33. The van der Waals surface area contributed by atoms with E-state index in [1.54, 1.807) is 0 Å². The first-order valence-corrected chi connectivity index (χ1v) is 9.52. The molecule has 1 aliphatic rings. The van der Waals surface area contributed by atoms with Crippen LogP contribution >= 0.6 is 11.6 Å². The monoisotopic (exact) mass is 358 g/mol. The van der Waals surface area contributed by atoms with Gasteiger partial charge in [-0.1, -0.05) is 37.6 Å². The fourth-order valence-electron chi connectivity index (χ4n) is 3.10. The molecule has 1 saturated carbocycles. The fraction of sp³-hybridized carbons (Fsp3) is 0.476. The smallest absolute Gasteiger partial charge is 0.226 e. The van der Waals surface area contributed by atoms with Crippen molar-refractivity contribution in [3.8, 4) is 0 Å². The molecular formula is C21H27ClN2O. The number of benzene rings is 1. The van der Waals surface area contributed by atoms with Gasteiger partial charge in [0.2, 0.25) is 5.91 Å². The summed E-state index contributed by atoms with van der Waals surface area (Å²) < 4.78 is 2.21. The lowest BCUT2D eigenvalue weighted by molar-refractivity contribution is -0.136. The van der Waals surface area contributed by atoms with Gasteiger partial charge in [-0.3, -0.25) is 4.79 Å². The molecule has 1 amide bonds. The molecule has 1 heterocycles. The van der Waals surface area contributed by atoms with Gasteiger partial charge in [-0.05, 0) is 55.5 Å². The van der Waals surface area contributed by atoms with Crippen molar-refractivity contribution in [1.82, 2.24) is 9.47 Å². The topological polar surface area (TPSA) is 25.2 Å². The van der Waals surface area contributed by atoms with Crippen molar-refractivity contribution in [3.63, 3.8) is 0 Å². The maximum Gasteiger partial charge on any atom is 0.226 e. The van der Waals surface area contributed by atoms with Crippen LogP contribution in [0.15, 0.2) is 42.6 Å². The summed E-state index contributed by atoms with van der Waals surface area (Å²) in [6, 6.07) is 12.4. The average molecular weight is 359 g/mol. The molecule has 0 radical (unpaired) electrons. The third-order valence-electron chi connectivity index (χ3n) is 5.16. The van der Waals surface area contributed by atoms with Gasteiger partial charge in [0.05, 0.1) is 6.54 Å². The molecule has 0 spiro atoms. The first-order chi connectivity index (χ1) is 12.0. The van der Waals surface area contributed by atoms with E-state index in [0.29, 0.717) is 18.4 Å². The van der Waals surface area contributed by atoms with Crippen LogP contribution in [-0.2, 0) is 17.9 Å². The van der Waals surface area contributed by atoms with Crippen LogP contribution in [0.3, 0.4) is 0 Å². The Morgan fingerprint density at radius 3 is 2.64 bits per heavy atom. The Labute approximate surface area is 155 Å². The number of hydrogen-bond donors (Lipinski definition) is 0. The predicted molar refractivity (Wildman–Crippen MR) is 103 cm³/mol. The third kappa shape index (κ3) is 4.46. The zero-order chi connectivity index (χ0) is 18.0. The van der Waals surface area contributed by atoms with Gasteiger partial charge in [0.25, 0.3) is 0 Å². The predicted octanol–water partition coefficient (Wildman–Crippen LogP) is 4.97. The lowest BCUT2D eigenvalue weighted by Gasteiger charge is -2.32. The van der Waals surface area contributed by atoms with Gasteiger partial charge in [-0.25, -0.2) is 0 Å². The highest BCUT2D eigenvalue weighted by atomic mass is 35.5. The third-order valence-corrected chi connectivity index (χ3v) is 5.40. The molecule has 25 heavy (non-hydrogen) atoms. The number of nitrogens with zero attached hydrogens (tertiary/aromatic N) is 2.